The van der Waals surface area contributed by atoms with Crippen LogP contribution < -0.4 is 16.0 Å². The molecule has 0 saturated carbocycles. The highest BCUT2D eigenvalue weighted by Crippen LogP contribution is 2.19. The van der Waals surface area contributed by atoms with Crippen LogP contribution in [0.15, 0.2) is 0 Å². The van der Waals surface area contributed by atoms with E-state index in [9.17, 15) is 19.2 Å². The predicted octanol–water partition coefficient (Wildman–Crippen LogP) is 1.88. The molecule has 1 unspecified atom stereocenters. The van der Waals surface area contributed by atoms with Crippen LogP contribution >= 0.6 is 0 Å². The second-order valence-corrected chi connectivity index (χ2v) is 9.86. The Morgan fingerprint density at radius 3 is 2.42 bits per heavy atom. The van der Waals surface area contributed by atoms with E-state index in [1.807, 2.05) is 0 Å². The molecule has 1 saturated heterocycles. The van der Waals surface area contributed by atoms with Crippen molar-refractivity contribution in [1.82, 2.24) is 20.9 Å². The van der Waals surface area contributed by atoms with Gasteiger partial charge in [0.25, 0.3) is 0 Å². The first kappa shape index (κ1) is 28.7. The Bertz CT molecular complexity index is 662. The normalized spacial score (nSPS) is 17.4. The summed E-state index contributed by atoms with van der Waals surface area (Å²) in [4.78, 5) is 50.3. The van der Waals surface area contributed by atoms with Crippen LogP contribution in [-0.4, -0.2) is 77.7 Å². The molecule has 1 aliphatic rings. The third kappa shape index (κ3) is 12.5. The number of carboxylic acid groups (broad SMARTS) is 1. The van der Waals surface area contributed by atoms with Crippen molar-refractivity contribution in [3.63, 3.8) is 0 Å². The molecule has 4 N–H and O–H groups in total. The fourth-order valence-electron chi connectivity index (χ4n) is 3.62. The fourth-order valence-corrected chi connectivity index (χ4v) is 3.62. The van der Waals surface area contributed by atoms with Gasteiger partial charge in [0.15, 0.2) is 0 Å². The van der Waals surface area contributed by atoms with Gasteiger partial charge in [-0.05, 0) is 59.4 Å². The van der Waals surface area contributed by atoms with Crippen molar-refractivity contribution < 1.29 is 29.0 Å². The molecule has 10 heteroatoms. The minimum absolute atomic E-state index is 0.0614. The van der Waals surface area contributed by atoms with E-state index in [4.69, 9.17) is 9.84 Å². The van der Waals surface area contributed by atoms with Crippen molar-refractivity contribution in [2.75, 3.05) is 26.2 Å². The van der Waals surface area contributed by atoms with Gasteiger partial charge in [0.1, 0.15) is 11.6 Å². The van der Waals surface area contributed by atoms with E-state index < -0.39 is 29.6 Å². The molecule has 0 aromatic heterocycles. The maximum absolute atomic E-state index is 13.3. The van der Waals surface area contributed by atoms with E-state index in [1.54, 1.807) is 25.7 Å². The zero-order valence-electron chi connectivity index (χ0n) is 20.7. The molecular weight excluding hydrogens is 428 g/mol. The monoisotopic (exact) mass is 470 g/mol. The molecule has 0 aliphatic carbocycles. The van der Waals surface area contributed by atoms with Gasteiger partial charge in [0.2, 0.25) is 11.8 Å². The van der Waals surface area contributed by atoms with Crippen molar-refractivity contribution in [3.05, 3.63) is 0 Å². The summed E-state index contributed by atoms with van der Waals surface area (Å²) in [5.41, 5.74) is -0.677. The minimum Gasteiger partial charge on any atom is -0.481 e. The number of hydrogen-bond donors (Lipinski definition) is 4. The lowest BCUT2D eigenvalue weighted by molar-refractivity contribution is -0.137. The van der Waals surface area contributed by atoms with Crippen molar-refractivity contribution in [3.8, 4) is 0 Å². The number of carbonyl (C=O) groups is 4. The summed E-state index contributed by atoms with van der Waals surface area (Å²) in [7, 11) is 0. The number of unbranched alkanes of at least 4 members (excludes halogenated alkanes) is 1. The van der Waals surface area contributed by atoms with Crippen LogP contribution in [0, 0.1) is 5.92 Å². The number of nitrogens with zero attached hydrogens (tertiary/aromatic N) is 1. The van der Waals surface area contributed by atoms with Crippen molar-refractivity contribution in [1.29, 1.82) is 0 Å². The highest BCUT2D eigenvalue weighted by Gasteiger charge is 2.33. The number of carboxylic acids is 1. The lowest BCUT2D eigenvalue weighted by Gasteiger charge is -2.34. The molecule has 0 spiro atoms. The third-order valence-electron chi connectivity index (χ3n) is 5.20. The van der Waals surface area contributed by atoms with Crippen LogP contribution in [0.25, 0.3) is 0 Å². The largest absolute Gasteiger partial charge is 0.481 e. The summed E-state index contributed by atoms with van der Waals surface area (Å²) in [6, 6.07) is -0.345. The Balaban J connectivity index is 2.73. The van der Waals surface area contributed by atoms with Crippen molar-refractivity contribution in [2.24, 2.45) is 5.92 Å². The van der Waals surface area contributed by atoms with Crippen LogP contribution in [-0.2, 0) is 19.1 Å². The van der Waals surface area contributed by atoms with E-state index >= 15 is 0 Å². The van der Waals surface area contributed by atoms with E-state index in [0.29, 0.717) is 31.8 Å². The van der Waals surface area contributed by atoms with Gasteiger partial charge in [0.05, 0.1) is 12.3 Å². The summed E-state index contributed by atoms with van der Waals surface area (Å²) >= 11 is 0. The average molecular weight is 471 g/mol. The van der Waals surface area contributed by atoms with Gasteiger partial charge in [-0.2, -0.15) is 0 Å². The predicted molar refractivity (Wildman–Crippen MR) is 125 cm³/mol. The zero-order valence-corrected chi connectivity index (χ0v) is 20.7. The maximum atomic E-state index is 13.3. The molecule has 0 aromatic carbocycles. The van der Waals surface area contributed by atoms with Crippen LogP contribution in [0.4, 0.5) is 4.79 Å². The lowest BCUT2D eigenvalue weighted by atomic mass is 9.96. The minimum atomic E-state index is -0.976. The molecule has 10 nitrogen and oxygen atoms in total. The number of alkyl carbamates (subject to hydrolysis) is 1. The molecule has 1 rings (SSSR count). The van der Waals surface area contributed by atoms with Crippen molar-refractivity contribution >= 4 is 23.9 Å². The Hall–Kier alpha value is -2.36. The molecular formula is C23H42N4O6. The first-order valence-electron chi connectivity index (χ1n) is 11.9. The van der Waals surface area contributed by atoms with Crippen molar-refractivity contribution in [2.45, 2.75) is 90.8 Å². The number of likely N-dealkylation sites (tertiary alicyclic amines) is 1. The van der Waals surface area contributed by atoms with E-state index in [-0.39, 0.29) is 31.3 Å². The summed E-state index contributed by atoms with van der Waals surface area (Å²) in [6.07, 6.45) is 2.61. The Morgan fingerprint density at radius 2 is 1.82 bits per heavy atom. The quantitative estimate of drug-likeness (QED) is 0.320. The number of rotatable bonds is 12. The van der Waals surface area contributed by atoms with Gasteiger partial charge in [0, 0.05) is 25.7 Å². The zero-order chi connectivity index (χ0) is 25.0. The molecule has 1 fully saturated rings. The Kier molecular flexibility index (Phi) is 12.2. The highest BCUT2D eigenvalue weighted by atomic mass is 16.6. The van der Waals surface area contributed by atoms with Gasteiger partial charge >= 0.3 is 12.1 Å². The van der Waals surface area contributed by atoms with Crippen LogP contribution in [0.2, 0.25) is 0 Å². The van der Waals surface area contributed by atoms with Gasteiger partial charge in [-0.3, -0.25) is 14.4 Å². The van der Waals surface area contributed by atoms with Gasteiger partial charge < -0.3 is 30.7 Å². The first-order valence-corrected chi connectivity index (χ1v) is 11.9. The topological polar surface area (TPSA) is 137 Å². The smallest absolute Gasteiger partial charge is 0.408 e. The highest BCUT2D eigenvalue weighted by molar-refractivity contribution is 5.87. The van der Waals surface area contributed by atoms with Crippen LogP contribution in [0.5, 0.6) is 0 Å². The summed E-state index contributed by atoms with van der Waals surface area (Å²) < 4.78 is 5.34. The van der Waals surface area contributed by atoms with E-state index in [0.717, 1.165) is 19.4 Å². The molecule has 3 amide bonds. The summed E-state index contributed by atoms with van der Waals surface area (Å²) in [6.45, 7) is 11.1. The molecule has 0 bridgehead atoms. The Morgan fingerprint density at radius 1 is 1.12 bits per heavy atom. The second kappa shape index (κ2) is 14.0. The van der Waals surface area contributed by atoms with Crippen LogP contribution in [0.1, 0.15) is 73.1 Å². The number of hydrogen-bond acceptors (Lipinski definition) is 6. The number of piperidine rings is 1. The van der Waals surface area contributed by atoms with E-state index in [2.05, 4.69) is 29.8 Å². The standard InChI is InChI=1S/C23H42N4O6/c1-16(2)24-12-7-6-10-18(26-22(32)33-23(3,4)5)21(31)27-14-8-9-17(15-27)20(30)25-13-11-19(28)29/h16-18,24H,6-15H2,1-5H3,(H,25,30)(H,26,32)(H,28,29)/t17?,18-/m1/s1. The van der Waals surface area contributed by atoms with Gasteiger partial charge in [-0.15, -0.1) is 0 Å². The fraction of sp³-hybridized carbons (Fsp3) is 0.826. The number of amides is 3. The molecule has 0 aromatic rings. The number of aliphatic carboxylic acids is 1. The summed E-state index contributed by atoms with van der Waals surface area (Å²) in [5.74, 6) is -1.84. The number of nitrogens with one attached hydrogen (secondary N) is 3. The van der Waals surface area contributed by atoms with Gasteiger partial charge in [-0.25, -0.2) is 4.79 Å². The number of carbonyl (C=O) groups excluding carboxylic acids is 3. The molecule has 33 heavy (non-hydrogen) atoms. The average Bonchev–Trinajstić information content (AvgIpc) is 2.70. The summed E-state index contributed by atoms with van der Waals surface area (Å²) in [5, 5.41) is 17.4. The van der Waals surface area contributed by atoms with Gasteiger partial charge in [-0.1, -0.05) is 13.8 Å². The lowest BCUT2D eigenvalue weighted by Crippen LogP contribution is -2.53. The third-order valence-corrected chi connectivity index (χ3v) is 5.20. The second-order valence-electron chi connectivity index (χ2n) is 9.86. The molecule has 1 aliphatic heterocycles. The van der Waals surface area contributed by atoms with Crippen LogP contribution in [0.3, 0.4) is 0 Å². The molecule has 1 heterocycles. The van der Waals surface area contributed by atoms with E-state index in [1.165, 1.54) is 0 Å². The molecule has 2 atom stereocenters. The maximum Gasteiger partial charge on any atom is 0.408 e. The SMILES string of the molecule is CC(C)NCCCC[C@@H](NC(=O)OC(C)(C)C)C(=O)N1CCCC(C(=O)NCCC(=O)O)C1. The Labute approximate surface area is 197 Å². The molecule has 0 radical (unpaired) electrons. The molecule has 190 valence electrons. The number of ether oxygens (including phenoxy) is 1. The first-order chi connectivity index (χ1) is 15.4.